The van der Waals surface area contributed by atoms with Crippen molar-refractivity contribution in [3.8, 4) is 28.7 Å². The van der Waals surface area contributed by atoms with Crippen molar-refractivity contribution < 1.29 is 32.6 Å². The van der Waals surface area contributed by atoms with E-state index in [2.05, 4.69) is 25.7 Å². The standard InChI is InChI=1S/C33H34FN5O6/c1-42-28-9-7-21-8-10-30(40)35-17-22-13-24(34)16-25(14-22)44-27-11-12-39(18-26(27)36-31(41)20-43-29(28)15-21)19-32-37-38-33(45-32)23-5-3-2-4-6-23/h2-7,9,13-16,26-27H,8,10-12,17-20H2,1H3,(H,35,40)(H,36,41)/t26-,27-/m1/s1. The largest absolute Gasteiger partial charge is 0.493 e. The van der Waals surface area contributed by atoms with Crippen molar-refractivity contribution in [3.05, 3.63) is 89.6 Å². The normalized spacial score (nSPS) is 19.5. The van der Waals surface area contributed by atoms with Crippen LogP contribution in [0, 0.1) is 5.82 Å². The van der Waals surface area contributed by atoms with Crippen molar-refractivity contribution in [3.63, 3.8) is 0 Å². The number of hydrogen-bond acceptors (Lipinski definition) is 9. The number of piperidine rings is 1. The Kier molecular flexibility index (Phi) is 9.20. The number of nitrogens with one attached hydrogen (secondary N) is 2. The van der Waals surface area contributed by atoms with Crippen LogP contribution in [0.15, 0.2) is 71.1 Å². The second-order valence-corrected chi connectivity index (χ2v) is 11.1. The number of ether oxygens (including phenoxy) is 3. The summed E-state index contributed by atoms with van der Waals surface area (Å²) in [6.07, 6.45) is 0.739. The molecule has 0 spiro atoms. The van der Waals surface area contributed by atoms with Crippen LogP contribution in [-0.2, 0) is 29.1 Å². The van der Waals surface area contributed by atoms with Gasteiger partial charge in [0.05, 0.1) is 19.7 Å². The Balaban J connectivity index is 1.22. The SMILES string of the molecule is COc1ccc2cc1OCC(=O)N[C@@H]1CN(Cc3nnc(-c4ccccc4)o3)CC[C@H]1Oc1cc(F)cc(c1)CNC(=O)CC2. The molecule has 1 aromatic heterocycles. The third-order valence-electron chi connectivity index (χ3n) is 7.76. The number of aryl methyl sites for hydroxylation is 1. The number of likely N-dealkylation sites (tertiary alicyclic amines) is 1. The quantitative estimate of drug-likeness (QED) is 0.354. The van der Waals surface area contributed by atoms with Gasteiger partial charge in [-0.05, 0) is 60.4 Å². The maximum absolute atomic E-state index is 14.6. The highest BCUT2D eigenvalue weighted by Crippen LogP contribution is 2.29. The smallest absolute Gasteiger partial charge is 0.258 e. The average molecular weight is 616 g/mol. The first-order valence-electron chi connectivity index (χ1n) is 14.8. The summed E-state index contributed by atoms with van der Waals surface area (Å²) in [5.41, 5.74) is 2.25. The summed E-state index contributed by atoms with van der Waals surface area (Å²) in [7, 11) is 1.52. The summed E-state index contributed by atoms with van der Waals surface area (Å²) in [6, 6.07) is 18.8. The number of benzene rings is 3. The summed E-state index contributed by atoms with van der Waals surface area (Å²) in [5, 5.41) is 14.3. The molecule has 3 heterocycles. The maximum atomic E-state index is 14.6. The number of nitrogens with zero attached hydrogens (tertiary/aromatic N) is 3. The number of aromatic nitrogens is 2. The molecule has 1 saturated heterocycles. The van der Waals surface area contributed by atoms with Gasteiger partial charge in [0.2, 0.25) is 17.7 Å². The van der Waals surface area contributed by atoms with E-state index in [0.717, 1.165) is 11.1 Å². The van der Waals surface area contributed by atoms with Crippen molar-refractivity contribution in [1.82, 2.24) is 25.7 Å². The second kappa shape index (κ2) is 13.8. The molecule has 3 aromatic carbocycles. The molecule has 11 nitrogen and oxygen atoms in total. The molecule has 6 rings (SSSR count). The van der Waals surface area contributed by atoms with Gasteiger partial charge in [0.25, 0.3) is 5.91 Å². The Morgan fingerprint density at radius 1 is 1.00 bits per heavy atom. The van der Waals surface area contributed by atoms with Gasteiger partial charge in [0, 0.05) is 37.7 Å². The van der Waals surface area contributed by atoms with Gasteiger partial charge in [0.15, 0.2) is 18.1 Å². The number of methoxy groups -OCH3 is 1. The van der Waals surface area contributed by atoms with Gasteiger partial charge in [-0.25, -0.2) is 4.39 Å². The van der Waals surface area contributed by atoms with E-state index < -0.39 is 18.0 Å². The zero-order chi connectivity index (χ0) is 31.2. The third kappa shape index (κ3) is 7.76. The van der Waals surface area contributed by atoms with Crippen molar-refractivity contribution in [1.29, 1.82) is 0 Å². The van der Waals surface area contributed by atoms with Crippen molar-refractivity contribution in [2.24, 2.45) is 0 Å². The summed E-state index contributed by atoms with van der Waals surface area (Å²) in [5.74, 6) is 1.08. The predicted molar refractivity (Wildman–Crippen MR) is 161 cm³/mol. The fraction of sp³-hybridized carbons (Fsp3) is 0.333. The van der Waals surface area contributed by atoms with Crippen molar-refractivity contribution in [2.75, 3.05) is 26.8 Å². The first-order chi connectivity index (χ1) is 21.9. The zero-order valence-electron chi connectivity index (χ0n) is 24.8. The van der Waals surface area contributed by atoms with E-state index in [1.54, 1.807) is 18.2 Å². The summed E-state index contributed by atoms with van der Waals surface area (Å²) in [6.45, 7) is 1.29. The number of carbonyl (C=O) groups is 2. The number of halogens is 1. The Morgan fingerprint density at radius 3 is 2.71 bits per heavy atom. The van der Waals surface area contributed by atoms with Gasteiger partial charge in [-0.3, -0.25) is 14.5 Å². The molecule has 1 fully saturated rings. The van der Waals surface area contributed by atoms with Crippen LogP contribution in [0.1, 0.15) is 29.9 Å². The minimum Gasteiger partial charge on any atom is -0.493 e. The fourth-order valence-electron chi connectivity index (χ4n) is 5.52. The van der Waals surface area contributed by atoms with Gasteiger partial charge < -0.3 is 29.3 Å². The molecule has 0 saturated carbocycles. The first-order valence-corrected chi connectivity index (χ1v) is 14.8. The molecular weight excluding hydrogens is 581 g/mol. The lowest BCUT2D eigenvalue weighted by Crippen LogP contribution is -2.57. The third-order valence-corrected chi connectivity index (χ3v) is 7.76. The van der Waals surface area contributed by atoms with E-state index in [1.165, 1.54) is 19.2 Å². The number of fused-ring (bicyclic) bond motifs is 5. The van der Waals surface area contributed by atoms with Crippen LogP contribution in [0.4, 0.5) is 4.39 Å². The molecular formula is C33H34FN5O6. The number of amides is 2. The molecule has 2 amide bonds. The highest BCUT2D eigenvalue weighted by molar-refractivity contribution is 5.78. The van der Waals surface area contributed by atoms with Crippen LogP contribution < -0.4 is 24.8 Å². The lowest BCUT2D eigenvalue weighted by Gasteiger charge is -2.38. The minimum absolute atomic E-state index is 0.150. The second-order valence-electron chi connectivity index (χ2n) is 11.1. The number of hydrogen-bond donors (Lipinski definition) is 2. The fourth-order valence-corrected chi connectivity index (χ4v) is 5.52. The van der Waals surface area contributed by atoms with Gasteiger partial charge in [-0.2, -0.15) is 0 Å². The molecule has 12 heteroatoms. The topological polar surface area (TPSA) is 128 Å². The van der Waals surface area contributed by atoms with E-state index in [9.17, 15) is 14.0 Å². The number of rotatable bonds is 4. The molecule has 2 N–H and O–H groups in total. The first kappa shape index (κ1) is 30.1. The van der Waals surface area contributed by atoms with E-state index >= 15 is 0 Å². The molecule has 4 aromatic rings. The van der Waals surface area contributed by atoms with Crippen LogP contribution in [0.2, 0.25) is 0 Å². The lowest BCUT2D eigenvalue weighted by atomic mass is 10.0. The lowest BCUT2D eigenvalue weighted by molar-refractivity contribution is -0.125. The molecule has 45 heavy (non-hydrogen) atoms. The van der Waals surface area contributed by atoms with Crippen LogP contribution in [0.25, 0.3) is 11.5 Å². The monoisotopic (exact) mass is 615 g/mol. The summed E-state index contributed by atoms with van der Waals surface area (Å²) in [4.78, 5) is 27.9. The molecule has 2 aliphatic heterocycles. The highest BCUT2D eigenvalue weighted by Gasteiger charge is 2.33. The molecule has 2 atom stereocenters. The van der Waals surface area contributed by atoms with Crippen LogP contribution >= 0.6 is 0 Å². The molecule has 2 aliphatic rings. The zero-order valence-corrected chi connectivity index (χ0v) is 24.8. The Morgan fingerprint density at radius 2 is 1.87 bits per heavy atom. The molecule has 0 radical (unpaired) electrons. The van der Waals surface area contributed by atoms with Gasteiger partial charge in [0.1, 0.15) is 17.7 Å². The predicted octanol–water partition coefficient (Wildman–Crippen LogP) is 3.66. The van der Waals surface area contributed by atoms with E-state index in [1.807, 2.05) is 36.4 Å². The van der Waals surface area contributed by atoms with Crippen LogP contribution in [0.3, 0.4) is 0 Å². The Hall–Kier alpha value is -4.97. The molecule has 0 unspecified atom stereocenters. The average Bonchev–Trinajstić information content (AvgIpc) is 3.51. The Bertz CT molecular complexity index is 1650. The van der Waals surface area contributed by atoms with Crippen LogP contribution in [0.5, 0.6) is 17.2 Å². The molecule has 4 bridgehead atoms. The highest BCUT2D eigenvalue weighted by atomic mass is 19.1. The van der Waals surface area contributed by atoms with Crippen molar-refractivity contribution >= 4 is 11.8 Å². The van der Waals surface area contributed by atoms with Gasteiger partial charge >= 0.3 is 0 Å². The maximum Gasteiger partial charge on any atom is 0.258 e. The molecule has 0 aliphatic carbocycles. The van der Waals surface area contributed by atoms with E-state index in [4.69, 9.17) is 18.6 Å². The van der Waals surface area contributed by atoms with Crippen molar-refractivity contribution in [2.45, 2.75) is 44.5 Å². The van der Waals surface area contributed by atoms with Crippen LogP contribution in [-0.4, -0.2) is 65.9 Å². The van der Waals surface area contributed by atoms with E-state index in [-0.39, 0.29) is 31.4 Å². The number of carbonyl (C=O) groups excluding carboxylic acids is 2. The summed E-state index contributed by atoms with van der Waals surface area (Å²) >= 11 is 0. The van der Waals surface area contributed by atoms with E-state index in [0.29, 0.717) is 67.1 Å². The summed E-state index contributed by atoms with van der Waals surface area (Å²) < 4.78 is 38.1. The molecule has 234 valence electrons. The van der Waals surface area contributed by atoms with Gasteiger partial charge in [-0.15, -0.1) is 10.2 Å². The minimum atomic E-state index is -0.478. The Labute approximate surface area is 259 Å². The van der Waals surface area contributed by atoms with Gasteiger partial charge in [-0.1, -0.05) is 24.3 Å².